The van der Waals surface area contributed by atoms with E-state index in [0.717, 1.165) is 54.3 Å². The number of carbonyl (C=O) groups excluding carboxylic acids is 1. The minimum atomic E-state index is 0.149. The van der Waals surface area contributed by atoms with E-state index >= 15 is 0 Å². The molecule has 7 nitrogen and oxygen atoms in total. The zero-order chi connectivity index (χ0) is 21.6. The summed E-state index contributed by atoms with van der Waals surface area (Å²) in [5.74, 6) is 1.47. The van der Waals surface area contributed by atoms with E-state index in [2.05, 4.69) is 32.1 Å². The molecule has 1 fully saturated rings. The molecule has 1 N–H and O–H groups in total. The molecule has 0 atom stereocenters. The Labute approximate surface area is 182 Å². The van der Waals surface area contributed by atoms with Crippen molar-refractivity contribution in [2.75, 3.05) is 52.2 Å². The summed E-state index contributed by atoms with van der Waals surface area (Å²) >= 11 is 0. The van der Waals surface area contributed by atoms with Gasteiger partial charge < -0.3 is 15.0 Å². The molecule has 2 heterocycles. The molecule has 3 aromatic rings. The Bertz CT molecular complexity index is 996. The van der Waals surface area contributed by atoms with Crippen LogP contribution in [0.2, 0.25) is 0 Å². The van der Waals surface area contributed by atoms with E-state index in [-0.39, 0.29) is 5.78 Å². The van der Waals surface area contributed by atoms with Gasteiger partial charge in [-0.3, -0.25) is 9.69 Å². The number of hydrogen-bond acceptors (Lipinski definition) is 7. The molecule has 0 spiro atoms. The summed E-state index contributed by atoms with van der Waals surface area (Å²) in [5.41, 5.74) is 3.52. The second-order valence-electron chi connectivity index (χ2n) is 7.73. The predicted molar refractivity (Wildman–Crippen MR) is 122 cm³/mol. The molecular weight excluding hydrogens is 390 g/mol. The van der Waals surface area contributed by atoms with Crippen LogP contribution in [0, 0.1) is 0 Å². The van der Waals surface area contributed by atoms with Crippen molar-refractivity contribution in [2.24, 2.45) is 0 Å². The Kier molecular flexibility index (Phi) is 6.54. The van der Waals surface area contributed by atoms with Gasteiger partial charge in [0.1, 0.15) is 5.75 Å². The minimum absolute atomic E-state index is 0.149. The molecule has 2 aromatic carbocycles. The van der Waals surface area contributed by atoms with Crippen molar-refractivity contribution in [1.82, 2.24) is 19.8 Å². The molecule has 4 rings (SSSR count). The number of ketones is 1. The Balaban J connectivity index is 1.34. The highest BCUT2D eigenvalue weighted by atomic mass is 16.5. The van der Waals surface area contributed by atoms with Crippen LogP contribution >= 0.6 is 0 Å². The fraction of sp³-hybridized carbons (Fsp3) is 0.292. The van der Waals surface area contributed by atoms with Gasteiger partial charge in [0.25, 0.3) is 0 Å². The third-order valence-electron chi connectivity index (χ3n) is 5.50. The normalized spacial score (nSPS) is 14.9. The molecule has 1 saturated heterocycles. The SMILES string of the molecule is COc1ccc(-c2cnc(Nc3ccc(C(=O)CN4CCN(C)CC4)cc3)nc2)cc1. The second kappa shape index (κ2) is 9.68. The van der Waals surface area contributed by atoms with Crippen LogP contribution in [-0.4, -0.2) is 72.4 Å². The van der Waals surface area contributed by atoms with Gasteiger partial charge in [-0.2, -0.15) is 0 Å². The van der Waals surface area contributed by atoms with Gasteiger partial charge >= 0.3 is 0 Å². The number of methoxy groups -OCH3 is 1. The first-order chi connectivity index (χ1) is 15.1. The summed E-state index contributed by atoms with van der Waals surface area (Å²) in [6, 6.07) is 15.3. The van der Waals surface area contributed by atoms with E-state index in [1.807, 2.05) is 48.5 Å². The number of Topliss-reactive ketones (excluding diaryl/α,β-unsaturated/α-hetero) is 1. The molecule has 0 unspecified atom stereocenters. The Hall–Kier alpha value is -3.29. The quantitative estimate of drug-likeness (QED) is 0.591. The molecule has 0 aliphatic carbocycles. The molecule has 1 aliphatic heterocycles. The summed E-state index contributed by atoms with van der Waals surface area (Å²) in [7, 11) is 3.76. The van der Waals surface area contributed by atoms with E-state index in [1.165, 1.54) is 0 Å². The number of likely N-dealkylation sites (N-methyl/N-ethyl adjacent to an activating group) is 1. The second-order valence-corrected chi connectivity index (χ2v) is 7.73. The van der Waals surface area contributed by atoms with Crippen molar-refractivity contribution in [3.63, 3.8) is 0 Å². The van der Waals surface area contributed by atoms with Gasteiger partial charge in [0.15, 0.2) is 5.78 Å². The fourth-order valence-corrected chi connectivity index (χ4v) is 3.49. The van der Waals surface area contributed by atoms with E-state index in [1.54, 1.807) is 19.5 Å². The van der Waals surface area contributed by atoms with Crippen LogP contribution < -0.4 is 10.1 Å². The highest BCUT2D eigenvalue weighted by Gasteiger charge is 2.17. The van der Waals surface area contributed by atoms with Gasteiger partial charge in [0, 0.05) is 55.4 Å². The highest BCUT2D eigenvalue weighted by Crippen LogP contribution is 2.22. The van der Waals surface area contributed by atoms with Crippen LogP contribution in [0.25, 0.3) is 11.1 Å². The number of ether oxygens (including phenoxy) is 1. The number of hydrogen-bond donors (Lipinski definition) is 1. The lowest BCUT2D eigenvalue weighted by molar-refractivity contribution is 0.0876. The number of nitrogens with one attached hydrogen (secondary N) is 1. The van der Waals surface area contributed by atoms with E-state index in [9.17, 15) is 4.79 Å². The van der Waals surface area contributed by atoms with Gasteiger partial charge in [-0.15, -0.1) is 0 Å². The molecule has 0 radical (unpaired) electrons. The maximum absolute atomic E-state index is 12.6. The average Bonchev–Trinajstić information content (AvgIpc) is 2.81. The van der Waals surface area contributed by atoms with Gasteiger partial charge in [-0.1, -0.05) is 12.1 Å². The number of carbonyl (C=O) groups is 1. The monoisotopic (exact) mass is 417 g/mol. The summed E-state index contributed by atoms with van der Waals surface area (Å²) in [6.45, 7) is 4.36. The molecule has 160 valence electrons. The van der Waals surface area contributed by atoms with Crippen LogP contribution in [0.1, 0.15) is 10.4 Å². The zero-order valence-corrected chi connectivity index (χ0v) is 17.9. The van der Waals surface area contributed by atoms with Crippen LogP contribution in [0.5, 0.6) is 5.75 Å². The van der Waals surface area contributed by atoms with Gasteiger partial charge in [0.05, 0.1) is 13.7 Å². The van der Waals surface area contributed by atoms with Crippen molar-refractivity contribution in [2.45, 2.75) is 0 Å². The molecule has 0 bridgehead atoms. The zero-order valence-electron chi connectivity index (χ0n) is 17.9. The summed E-state index contributed by atoms with van der Waals surface area (Å²) < 4.78 is 5.19. The van der Waals surface area contributed by atoms with Crippen LogP contribution in [0.15, 0.2) is 60.9 Å². The van der Waals surface area contributed by atoms with Crippen molar-refractivity contribution in [3.8, 4) is 16.9 Å². The van der Waals surface area contributed by atoms with Crippen LogP contribution in [0.4, 0.5) is 11.6 Å². The molecular formula is C24H27N5O2. The number of piperazine rings is 1. The Morgan fingerprint density at radius 3 is 2.19 bits per heavy atom. The smallest absolute Gasteiger partial charge is 0.227 e. The first-order valence-corrected chi connectivity index (χ1v) is 10.4. The number of benzene rings is 2. The Morgan fingerprint density at radius 2 is 1.58 bits per heavy atom. The number of anilines is 2. The van der Waals surface area contributed by atoms with Crippen molar-refractivity contribution < 1.29 is 9.53 Å². The summed E-state index contributed by atoms with van der Waals surface area (Å²) in [4.78, 5) is 25.9. The number of aromatic nitrogens is 2. The van der Waals surface area contributed by atoms with Crippen molar-refractivity contribution in [3.05, 3.63) is 66.5 Å². The standard InChI is InChI=1S/C24H27N5O2/c1-28-11-13-29(14-12-28)17-23(30)19-3-7-21(8-4-19)27-24-25-15-20(16-26-24)18-5-9-22(31-2)10-6-18/h3-10,15-16H,11-14,17H2,1-2H3,(H,25,26,27). The largest absolute Gasteiger partial charge is 0.497 e. The topological polar surface area (TPSA) is 70.6 Å². The summed E-state index contributed by atoms with van der Waals surface area (Å²) in [5, 5.41) is 3.18. The first-order valence-electron chi connectivity index (χ1n) is 10.4. The van der Waals surface area contributed by atoms with E-state index < -0.39 is 0 Å². The molecule has 1 aliphatic rings. The average molecular weight is 418 g/mol. The Morgan fingerprint density at radius 1 is 0.935 bits per heavy atom. The molecule has 0 saturated carbocycles. The maximum atomic E-state index is 12.6. The third-order valence-corrected chi connectivity index (χ3v) is 5.50. The lowest BCUT2D eigenvalue weighted by Gasteiger charge is -2.31. The molecule has 0 amide bonds. The predicted octanol–water partition coefficient (Wildman–Crippen LogP) is 3.33. The molecule has 31 heavy (non-hydrogen) atoms. The minimum Gasteiger partial charge on any atom is -0.497 e. The van der Waals surface area contributed by atoms with Crippen molar-refractivity contribution in [1.29, 1.82) is 0 Å². The van der Waals surface area contributed by atoms with Crippen LogP contribution in [-0.2, 0) is 0 Å². The molecule has 1 aromatic heterocycles. The van der Waals surface area contributed by atoms with Gasteiger partial charge in [0.2, 0.25) is 5.95 Å². The summed E-state index contributed by atoms with van der Waals surface area (Å²) in [6.07, 6.45) is 3.57. The third kappa shape index (κ3) is 5.45. The number of rotatable bonds is 7. The van der Waals surface area contributed by atoms with Crippen molar-refractivity contribution >= 4 is 17.4 Å². The van der Waals surface area contributed by atoms with E-state index in [0.29, 0.717) is 12.5 Å². The number of nitrogens with zero attached hydrogens (tertiary/aromatic N) is 4. The molecule has 7 heteroatoms. The fourth-order valence-electron chi connectivity index (χ4n) is 3.49. The first kappa shape index (κ1) is 21.0. The van der Waals surface area contributed by atoms with Gasteiger partial charge in [-0.05, 0) is 49.0 Å². The lowest BCUT2D eigenvalue weighted by atomic mass is 10.1. The van der Waals surface area contributed by atoms with Crippen LogP contribution in [0.3, 0.4) is 0 Å². The lowest BCUT2D eigenvalue weighted by Crippen LogP contribution is -2.46. The van der Waals surface area contributed by atoms with E-state index in [4.69, 9.17) is 4.74 Å². The highest BCUT2D eigenvalue weighted by molar-refractivity contribution is 5.97. The van der Waals surface area contributed by atoms with Gasteiger partial charge in [-0.25, -0.2) is 9.97 Å². The maximum Gasteiger partial charge on any atom is 0.227 e.